The molecule has 3 heterocycles. The molecule has 0 unspecified atom stereocenters. The van der Waals surface area contributed by atoms with Gasteiger partial charge >= 0.3 is 0 Å². The molecule has 0 atom stereocenters. The monoisotopic (exact) mass is 795 g/mol. The zero-order valence-corrected chi connectivity index (χ0v) is 34.2. The van der Waals surface area contributed by atoms with Crippen LogP contribution >= 0.6 is 0 Å². The van der Waals surface area contributed by atoms with Crippen LogP contribution in [0.5, 0.6) is 5.75 Å². The van der Waals surface area contributed by atoms with Crippen LogP contribution in [-0.4, -0.2) is 20.1 Å². The van der Waals surface area contributed by atoms with Gasteiger partial charge in [-0.1, -0.05) is 140 Å². The Morgan fingerprint density at radius 1 is 0.274 bits per heavy atom. The van der Waals surface area contributed by atoms with Crippen molar-refractivity contribution in [2.75, 3.05) is 0 Å². The molecule has 4 nitrogen and oxygen atoms in total. The van der Waals surface area contributed by atoms with Gasteiger partial charge in [-0.25, -0.2) is 0 Å². The lowest BCUT2D eigenvalue weighted by atomic mass is 9.86. The van der Waals surface area contributed by atoms with E-state index in [0.29, 0.717) is 0 Å². The lowest BCUT2D eigenvalue weighted by Crippen LogP contribution is -1.92. The van der Waals surface area contributed by atoms with E-state index < -0.39 is 0 Å². The molecular formula is C58H41N3O. The van der Waals surface area contributed by atoms with E-state index in [1.54, 1.807) is 6.20 Å². The fourth-order valence-corrected chi connectivity index (χ4v) is 8.36. The summed E-state index contributed by atoms with van der Waals surface area (Å²) in [5.41, 5.74) is 19.5. The van der Waals surface area contributed by atoms with E-state index in [4.69, 9.17) is 0 Å². The van der Waals surface area contributed by atoms with Crippen molar-refractivity contribution in [2.24, 2.45) is 0 Å². The molecule has 4 heteroatoms. The Bertz CT molecular complexity index is 3030. The van der Waals surface area contributed by atoms with Crippen LogP contribution in [0.4, 0.5) is 0 Å². The zero-order chi connectivity index (χ0) is 41.8. The van der Waals surface area contributed by atoms with Crippen LogP contribution in [0, 0.1) is 6.92 Å². The van der Waals surface area contributed by atoms with Gasteiger partial charge in [0.15, 0.2) is 0 Å². The number of hydrogen-bond donors (Lipinski definition) is 1. The van der Waals surface area contributed by atoms with Gasteiger partial charge in [0.1, 0.15) is 5.75 Å². The Kier molecular flexibility index (Phi) is 10.3. The van der Waals surface area contributed by atoms with Gasteiger partial charge in [-0.05, 0) is 140 Å². The normalized spacial score (nSPS) is 11.0. The summed E-state index contributed by atoms with van der Waals surface area (Å²) in [6, 6.07) is 71.7. The second-order valence-electron chi connectivity index (χ2n) is 15.5. The predicted molar refractivity (Wildman–Crippen MR) is 255 cm³/mol. The molecule has 7 aromatic carbocycles. The fraction of sp³-hybridized carbons (Fsp3) is 0.0172. The molecule has 0 spiro atoms. The first-order valence-corrected chi connectivity index (χ1v) is 20.8. The Morgan fingerprint density at radius 3 is 1.10 bits per heavy atom. The maximum absolute atomic E-state index is 11.7. The van der Waals surface area contributed by atoms with Crippen molar-refractivity contribution in [1.82, 2.24) is 15.0 Å². The van der Waals surface area contributed by atoms with E-state index in [1.165, 1.54) is 0 Å². The molecule has 0 bridgehead atoms. The van der Waals surface area contributed by atoms with E-state index in [0.717, 1.165) is 106 Å². The highest BCUT2D eigenvalue weighted by Crippen LogP contribution is 2.44. The maximum atomic E-state index is 11.7. The summed E-state index contributed by atoms with van der Waals surface area (Å²) >= 11 is 0. The minimum absolute atomic E-state index is 0.202. The van der Waals surface area contributed by atoms with Gasteiger partial charge < -0.3 is 5.11 Å². The largest absolute Gasteiger partial charge is 0.507 e. The summed E-state index contributed by atoms with van der Waals surface area (Å²) < 4.78 is 0. The lowest BCUT2D eigenvalue weighted by molar-refractivity contribution is 0.477. The molecule has 0 aliphatic heterocycles. The first-order chi connectivity index (χ1) is 30.6. The molecule has 0 saturated carbocycles. The Hall–Kier alpha value is -8.21. The Labute approximate surface area is 362 Å². The van der Waals surface area contributed by atoms with Gasteiger partial charge in [0.2, 0.25) is 0 Å². The number of phenols is 1. The van der Waals surface area contributed by atoms with Crippen LogP contribution in [0.1, 0.15) is 5.56 Å². The van der Waals surface area contributed by atoms with Crippen molar-refractivity contribution in [1.29, 1.82) is 0 Å². The zero-order valence-electron chi connectivity index (χ0n) is 34.2. The van der Waals surface area contributed by atoms with Crippen LogP contribution in [0.25, 0.3) is 101 Å². The topological polar surface area (TPSA) is 58.9 Å². The van der Waals surface area contributed by atoms with Crippen molar-refractivity contribution in [3.63, 3.8) is 0 Å². The molecule has 10 rings (SSSR count). The molecule has 10 aromatic rings. The van der Waals surface area contributed by atoms with Crippen LogP contribution in [0.15, 0.2) is 225 Å². The number of rotatable bonds is 9. The summed E-state index contributed by atoms with van der Waals surface area (Å²) in [5.74, 6) is 0.202. The van der Waals surface area contributed by atoms with Gasteiger partial charge in [0.25, 0.3) is 0 Å². The summed E-state index contributed by atoms with van der Waals surface area (Å²) in [6.07, 6.45) is 5.46. The fourth-order valence-electron chi connectivity index (χ4n) is 8.36. The summed E-state index contributed by atoms with van der Waals surface area (Å²) in [5, 5.41) is 11.7. The number of aromatic nitrogens is 3. The third kappa shape index (κ3) is 7.69. The van der Waals surface area contributed by atoms with Crippen LogP contribution < -0.4 is 0 Å². The highest BCUT2D eigenvalue weighted by Gasteiger charge is 2.18. The number of phenolic OH excluding ortho intramolecular Hbond substituents is 1. The van der Waals surface area contributed by atoms with E-state index in [1.807, 2.05) is 92.1 Å². The van der Waals surface area contributed by atoms with E-state index in [-0.39, 0.29) is 5.75 Å². The van der Waals surface area contributed by atoms with Gasteiger partial charge in [-0.3, -0.25) is 15.0 Å². The summed E-state index contributed by atoms with van der Waals surface area (Å²) in [6.45, 7) is 2.05. The number of hydrogen-bond acceptors (Lipinski definition) is 4. The van der Waals surface area contributed by atoms with E-state index in [9.17, 15) is 5.11 Å². The lowest BCUT2D eigenvalue weighted by Gasteiger charge is -2.18. The molecule has 0 fully saturated rings. The Morgan fingerprint density at radius 2 is 0.661 bits per heavy atom. The molecule has 0 radical (unpaired) electrons. The van der Waals surface area contributed by atoms with Crippen molar-refractivity contribution < 1.29 is 5.11 Å². The minimum Gasteiger partial charge on any atom is -0.507 e. The molecule has 1 N–H and O–H groups in total. The summed E-state index contributed by atoms with van der Waals surface area (Å²) in [7, 11) is 0. The minimum atomic E-state index is 0.202. The molecule has 62 heavy (non-hydrogen) atoms. The van der Waals surface area contributed by atoms with Crippen LogP contribution in [-0.2, 0) is 0 Å². The quantitative estimate of drug-likeness (QED) is 0.158. The van der Waals surface area contributed by atoms with Gasteiger partial charge in [0.05, 0.1) is 17.1 Å². The molecule has 3 aromatic heterocycles. The first-order valence-electron chi connectivity index (χ1n) is 20.8. The third-order valence-electron chi connectivity index (χ3n) is 11.5. The number of aryl methyl sites for hydroxylation is 1. The van der Waals surface area contributed by atoms with Crippen molar-refractivity contribution in [3.05, 3.63) is 230 Å². The number of benzene rings is 7. The van der Waals surface area contributed by atoms with E-state index >= 15 is 0 Å². The second-order valence-corrected chi connectivity index (χ2v) is 15.5. The number of aromatic hydroxyl groups is 1. The predicted octanol–water partition coefficient (Wildman–Crippen LogP) is 14.9. The van der Waals surface area contributed by atoms with Crippen LogP contribution in [0.2, 0.25) is 0 Å². The molecule has 294 valence electrons. The average Bonchev–Trinajstić information content (AvgIpc) is 3.34. The highest BCUT2D eigenvalue weighted by atomic mass is 16.3. The van der Waals surface area contributed by atoms with Gasteiger partial charge in [-0.15, -0.1) is 0 Å². The second kappa shape index (κ2) is 16.8. The summed E-state index contributed by atoms with van der Waals surface area (Å²) in [4.78, 5) is 13.7. The van der Waals surface area contributed by atoms with Gasteiger partial charge in [0, 0.05) is 40.8 Å². The van der Waals surface area contributed by atoms with Crippen molar-refractivity contribution in [3.8, 4) is 106 Å². The van der Waals surface area contributed by atoms with Crippen molar-refractivity contribution >= 4 is 0 Å². The van der Waals surface area contributed by atoms with Gasteiger partial charge in [-0.2, -0.15) is 0 Å². The average molecular weight is 796 g/mol. The number of pyridine rings is 3. The SMILES string of the molecule is Cc1ccnc(-c2ccc(-c3ccccc3-c3cc(-c4ccccc4-c4ccc(-c5ccccn5)cc4)cc(-c4ccccc4-c4ccc(-c5ccccn5)cc4)c3)c(O)c2)c1. The molecular weight excluding hydrogens is 755 g/mol. The van der Waals surface area contributed by atoms with Crippen molar-refractivity contribution in [2.45, 2.75) is 6.92 Å². The molecule has 0 aliphatic rings. The standard InChI is InChI=1S/C58H41N3O/c1-39-30-33-61-57(34-39)44-28-29-54(58(62)38-44)53-17-7-6-16-52(53)47-36-45(50-14-4-2-12-48(50)40-20-24-42(25-21-40)55-18-8-10-31-59-55)35-46(37-47)51-15-5-3-13-49(51)41-22-26-43(27-23-41)56-19-9-11-32-60-56/h2-38,62H,1H3. The smallest absolute Gasteiger partial charge is 0.124 e. The third-order valence-corrected chi connectivity index (χ3v) is 11.5. The highest BCUT2D eigenvalue weighted by molar-refractivity contribution is 5.95. The first kappa shape index (κ1) is 38.0. The molecule has 0 saturated heterocycles. The van der Waals surface area contributed by atoms with E-state index in [2.05, 4.69) is 148 Å². The van der Waals surface area contributed by atoms with Crippen LogP contribution in [0.3, 0.4) is 0 Å². The Balaban J connectivity index is 1.13. The molecule has 0 amide bonds. The molecule has 0 aliphatic carbocycles. The number of nitrogens with zero attached hydrogens (tertiary/aromatic N) is 3. The maximum Gasteiger partial charge on any atom is 0.124 e.